The summed E-state index contributed by atoms with van der Waals surface area (Å²) >= 11 is 0. The van der Waals surface area contributed by atoms with Crippen molar-refractivity contribution in [2.45, 2.75) is 52.4 Å². The van der Waals surface area contributed by atoms with Crippen LogP contribution < -0.4 is 11.1 Å². The summed E-state index contributed by atoms with van der Waals surface area (Å²) in [4.78, 5) is 12.2. The Morgan fingerprint density at radius 1 is 1.26 bits per heavy atom. The number of ether oxygens (including phenoxy) is 1. The summed E-state index contributed by atoms with van der Waals surface area (Å²) in [6.45, 7) is 6.79. The number of carbonyl (C=O) groups excluding carboxylic acids is 1. The molecule has 0 spiro atoms. The van der Waals surface area contributed by atoms with E-state index in [0.29, 0.717) is 25.6 Å². The Balaban J connectivity index is 2.18. The summed E-state index contributed by atoms with van der Waals surface area (Å²) in [5.41, 5.74) is 5.52. The average Bonchev–Trinajstić information content (AvgIpc) is 2.42. The van der Waals surface area contributed by atoms with Gasteiger partial charge in [0.2, 0.25) is 5.91 Å². The van der Waals surface area contributed by atoms with Crippen molar-refractivity contribution in [2.24, 2.45) is 17.1 Å². The lowest BCUT2D eigenvalue weighted by Crippen LogP contribution is -2.47. The monoisotopic (exact) mass is 270 g/mol. The molecule has 1 amide bonds. The Labute approximate surface area is 117 Å². The molecule has 1 fully saturated rings. The first kappa shape index (κ1) is 16.4. The van der Waals surface area contributed by atoms with E-state index in [1.165, 1.54) is 6.42 Å². The number of nitrogens with one attached hydrogen (secondary N) is 1. The Kier molecular flexibility index (Phi) is 7.39. The van der Waals surface area contributed by atoms with E-state index in [9.17, 15) is 4.79 Å². The maximum atomic E-state index is 12.2. The highest BCUT2D eigenvalue weighted by molar-refractivity contribution is 5.83. The molecule has 0 radical (unpaired) electrons. The van der Waals surface area contributed by atoms with Gasteiger partial charge in [-0.15, -0.1) is 0 Å². The van der Waals surface area contributed by atoms with E-state index < -0.39 is 0 Å². The van der Waals surface area contributed by atoms with Gasteiger partial charge in [0.15, 0.2) is 0 Å². The summed E-state index contributed by atoms with van der Waals surface area (Å²) in [5, 5.41) is 2.99. The minimum absolute atomic E-state index is 0.127. The van der Waals surface area contributed by atoms with Crippen molar-refractivity contribution in [3.63, 3.8) is 0 Å². The van der Waals surface area contributed by atoms with Crippen molar-refractivity contribution in [1.82, 2.24) is 5.32 Å². The van der Waals surface area contributed by atoms with Crippen molar-refractivity contribution < 1.29 is 9.53 Å². The van der Waals surface area contributed by atoms with Gasteiger partial charge in [-0.2, -0.15) is 0 Å². The molecule has 3 N–H and O–H groups in total. The van der Waals surface area contributed by atoms with E-state index >= 15 is 0 Å². The molecule has 0 aliphatic heterocycles. The van der Waals surface area contributed by atoms with Crippen LogP contribution in [0.25, 0.3) is 0 Å². The third-order valence-corrected chi connectivity index (χ3v) is 4.05. The summed E-state index contributed by atoms with van der Waals surface area (Å²) in [5.74, 6) is 0.791. The molecule has 0 heterocycles. The molecule has 1 aliphatic rings. The lowest BCUT2D eigenvalue weighted by molar-refractivity contribution is -0.132. The van der Waals surface area contributed by atoms with Crippen LogP contribution in [0.15, 0.2) is 0 Å². The van der Waals surface area contributed by atoms with Gasteiger partial charge in [-0.3, -0.25) is 4.79 Å². The second kappa shape index (κ2) is 8.54. The largest absolute Gasteiger partial charge is 0.380 e. The topological polar surface area (TPSA) is 64.3 Å². The van der Waals surface area contributed by atoms with Crippen LogP contribution in [-0.4, -0.2) is 32.2 Å². The Morgan fingerprint density at radius 2 is 1.95 bits per heavy atom. The molecule has 0 bridgehead atoms. The highest BCUT2D eigenvalue weighted by Gasteiger charge is 2.37. The predicted octanol–water partition coefficient (Wildman–Crippen LogP) is 2.07. The normalized spacial score (nSPS) is 18.5. The molecule has 1 rings (SSSR count). The van der Waals surface area contributed by atoms with Gasteiger partial charge in [0.05, 0.1) is 12.0 Å². The van der Waals surface area contributed by atoms with Crippen molar-refractivity contribution in [3.05, 3.63) is 0 Å². The molecule has 0 saturated heterocycles. The first-order chi connectivity index (χ1) is 9.10. The van der Waals surface area contributed by atoms with E-state index in [2.05, 4.69) is 19.2 Å². The molecule has 4 heteroatoms. The minimum Gasteiger partial charge on any atom is -0.380 e. The molecule has 4 nitrogen and oxygen atoms in total. The molecule has 1 aliphatic carbocycles. The van der Waals surface area contributed by atoms with Gasteiger partial charge in [-0.1, -0.05) is 33.1 Å². The first-order valence-corrected chi connectivity index (χ1v) is 7.67. The van der Waals surface area contributed by atoms with Gasteiger partial charge in [0.25, 0.3) is 0 Å². The number of nitrogens with two attached hydrogens (primary N) is 1. The van der Waals surface area contributed by atoms with Crippen LogP contribution >= 0.6 is 0 Å². The van der Waals surface area contributed by atoms with Crippen LogP contribution in [0.1, 0.15) is 52.4 Å². The van der Waals surface area contributed by atoms with E-state index in [0.717, 1.165) is 38.7 Å². The Hall–Kier alpha value is -0.610. The lowest BCUT2D eigenvalue weighted by Gasteiger charge is -2.34. The number of rotatable bonds is 8. The van der Waals surface area contributed by atoms with E-state index in [-0.39, 0.29) is 11.3 Å². The van der Waals surface area contributed by atoms with E-state index in [1.54, 1.807) is 0 Å². The molecule has 19 heavy (non-hydrogen) atoms. The number of carbonyl (C=O) groups is 1. The predicted molar refractivity (Wildman–Crippen MR) is 77.9 cm³/mol. The molecular weight excluding hydrogens is 240 g/mol. The third-order valence-electron chi connectivity index (χ3n) is 4.05. The van der Waals surface area contributed by atoms with Crippen LogP contribution in [0.2, 0.25) is 0 Å². The summed E-state index contributed by atoms with van der Waals surface area (Å²) in [7, 11) is 0. The third kappa shape index (κ3) is 5.49. The second-order valence-corrected chi connectivity index (χ2v) is 6.10. The smallest absolute Gasteiger partial charge is 0.227 e. The van der Waals surface area contributed by atoms with Crippen molar-refractivity contribution in [2.75, 3.05) is 26.3 Å². The molecule has 0 aromatic heterocycles. The van der Waals surface area contributed by atoms with Gasteiger partial charge in [-0.25, -0.2) is 0 Å². The fourth-order valence-electron chi connectivity index (χ4n) is 2.60. The average molecular weight is 270 g/mol. The number of hydrogen-bond donors (Lipinski definition) is 2. The van der Waals surface area contributed by atoms with Gasteiger partial charge in [-0.05, 0) is 25.2 Å². The van der Waals surface area contributed by atoms with Crippen LogP contribution in [0.3, 0.4) is 0 Å². The molecule has 1 saturated carbocycles. The van der Waals surface area contributed by atoms with Crippen molar-refractivity contribution in [3.8, 4) is 0 Å². The van der Waals surface area contributed by atoms with E-state index in [1.807, 2.05) is 0 Å². The van der Waals surface area contributed by atoms with Gasteiger partial charge >= 0.3 is 0 Å². The van der Waals surface area contributed by atoms with Crippen LogP contribution in [0.5, 0.6) is 0 Å². The molecule has 0 atom stereocenters. The zero-order valence-electron chi connectivity index (χ0n) is 12.5. The minimum atomic E-state index is -0.309. The number of amides is 1. The second-order valence-electron chi connectivity index (χ2n) is 6.10. The van der Waals surface area contributed by atoms with Gasteiger partial charge in [0, 0.05) is 19.7 Å². The fraction of sp³-hybridized carbons (Fsp3) is 0.933. The van der Waals surface area contributed by atoms with Crippen molar-refractivity contribution in [1.29, 1.82) is 0 Å². The molecule has 0 unspecified atom stereocenters. The standard InChI is InChI=1S/C15H30N2O2/c1-13(2)6-10-19-11-9-17-14(18)15(12-16)7-4-3-5-8-15/h13H,3-12,16H2,1-2H3,(H,17,18). The summed E-state index contributed by atoms with van der Waals surface area (Å²) < 4.78 is 5.50. The lowest BCUT2D eigenvalue weighted by atomic mass is 9.73. The van der Waals surface area contributed by atoms with Crippen LogP contribution in [-0.2, 0) is 9.53 Å². The summed E-state index contributed by atoms with van der Waals surface area (Å²) in [6.07, 6.45) is 6.41. The maximum absolute atomic E-state index is 12.2. The zero-order chi connectivity index (χ0) is 14.1. The molecule has 0 aromatic carbocycles. The van der Waals surface area contributed by atoms with E-state index in [4.69, 9.17) is 10.5 Å². The maximum Gasteiger partial charge on any atom is 0.227 e. The van der Waals surface area contributed by atoms with Crippen LogP contribution in [0, 0.1) is 11.3 Å². The summed E-state index contributed by atoms with van der Waals surface area (Å²) in [6, 6.07) is 0. The van der Waals surface area contributed by atoms with Crippen LogP contribution in [0.4, 0.5) is 0 Å². The zero-order valence-corrected chi connectivity index (χ0v) is 12.5. The Morgan fingerprint density at radius 3 is 2.53 bits per heavy atom. The first-order valence-electron chi connectivity index (χ1n) is 7.67. The fourth-order valence-corrected chi connectivity index (χ4v) is 2.60. The Bertz CT molecular complexity index is 261. The number of hydrogen-bond acceptors (Lipinski definition) is 3. The van der Waals surface area contributed by atoms with Gasteiger partial charge in [0.1, 0.15) is 0 Å². The van der Waals surface area contributed by atoms with Gasteiger partial charge < -0.3 is 15.8 Å². The molecular formula is C15H30N2O2. The highest BCUT2D eigenvalue weighted by atomic mass is 16.5. The quantitative estimate of drug-likeness (QED) is 0.664. The highest BCUT2D eigenvalue weighted by Crippen LogP contribution is 2.35. The van der Waals surface area contributed by atoms with Crippen molar-refractivity contribution >= 4 is 5.91 Å². The SMILES string of the molecule is CC(C)CCOCCNC(=O)C1(CN)CCCCC1. The molecule has 0 aromatic rings. The molecule has 112 valence electrons.